The van der Waals surface area contributed by atoms with E-state index in [1.165, 1.54) is 16.9 Å². The van der Waals surface area contributed by atoms with E-state index in [9.17, 15) is 4.79 Å². The van der Waals surface area contributed by atoms with Crippen LogP contribution in [0.15, 0.2) is 30.6 Å². The second-order valence-electron chi connectivity index (χ2n) is 4.70. The Morgan fingerprint density at radius 1 is 1.50 bits per heavy atom. The van der Waals surface area contributed by atoms with Gasteiger partial charge in [0.05, 0.1) is 4.88 Å². The first kappa shape index (κ1) is 14.6. The van der Waals surface area contributed by atoms with Gasteiger partial charge in [0, 0.05) is 30.4 Å². The molecule has 0 aliphatic carbocycles. The van der Waals surface area contributed by atoms with E-state index in [0.29, 0.717) is 4.88 Å². The maximum absolute atomic E-state index is 11.5. The zero-order chi connectivity index (χ0) is 14.5. The molecule has 0 aliphatic heterocycles. The van der Waals surface area contributed by atoms with Gasteiger partial charge in [0.25, 0.3) is 5.91 Å². The Balaban J connectivity index is 2.02. The smallest absolute Gasteiger partial charge is 0.275 e. The van der Waals surface area contributed by atoms with Crippen molar-refractivity contribution < 1.29 is 4.79 Å². The Kier molecular flexibility index (Phi) is 4.84. The highest BCUT2D eigenvalue weighted by Gasteiger charge is 2.12. The molecule has 2 aromatic heterocycles. The van der Waals surface area contributed by atoms with Gasteiger partial charge in [0.1, 0.15) is 0 Å². The molecule has 0 spiro atoms. The summed E-state index contributed by atoms with van der Waals surface area (Å²) in [7, 11) is 2.05. The minimum absolute atomic E-state index is 0.237. The summed E-state index contributed by atoms with van der Waals surface area (Å²) in [6.07, 6.45) is 3.63. The van der Waals surface area contributed by atoms with Crippen molar-refractivity contribution in [1.29, 1.82) is 0 Å². The summed E-state index contributed by atoms with van der Waals surface area (Å²) < 4.78 is 0. The lowest BCUT2D eigenvalue weighted by molar-refractivity contribution is 0.0957. The molecule has 3 N–H and O–H groups in total. The molecule has 106 valence electrons. The quantitative estimate of drug-likeness (QED) is 0.499. The molecule has 0 saturated heterocycles. The van der Waals surface area contributed by atoms with E-state index in [-0.39, 0.29) is 5.91 Å². The largest absolute Gasteiger partial charge is 0.298 e. The average Bonchev–Trinajstić information content (AvgIpc) is 2.80. The maximum atomic E-state index is 11.5. The van der Waals surface area contributed by atoms with E-state index in [1.807, 2.05) is 32.3 Å². The number of amides is 1. The first-order valence-electron chi connectivity index (χ1n) is 6.28. The van der Waals surface area contributed by atoms with Gasteiger partial charge < -0.3 is 0 Å². The number of carbonyl (C=O) groups is 1. The van der Waals surface area contributed by atoms with Crippen molar-refractivity contribution in [2.24, 2.45) is 5.84 Å². The monoisotopic (exact) mass is 290 g/mol. The minimum Gasteiger partial charge on any atom is -0.298 e. The van der Waals surface area contributed by atoms with Crippen molar-refractivity contribution in [3.05, 3.63) is 51.5 Å². The Labute approximate surface area is 122 Å². The molecule has 0 saturated carbocycles. The highest BCUT2D eigenvalue weighted by molar-refractivity contribution is 7.14. The predicted molar refractivity (Wildman–Crippen MR) is 80.1 cm³/mol. The van der Waals surface area contributed by atoms with Crippen LogP contribution in [0.3, 0.4) is 0 Å². The summed E-state index contributed by atoms with van der Waals surface area (Å²) in [5.74, 6) is 4.92. The second kappa shape index (κ2) is 6.60. The molecule has 0 aromatic carbocycles. The molecule has 0 aliphatic rings. The number of nitrogen functional groups attached to an aromatic ring is 1. The van der Waals surface area contributed by atoms with Crippen molar-refractivity contribution in [3.63, 3.8) is 0 Å². The molecule has 20 heavy (non-hydrogen) atoms. The fraction of sp³-hybridized carbons (Fsp3) is 0.286. The van der Waals surface area contributed by atoms with E-state index in [1.54, 1.807) is 6.20 Å². The first-order chi connectivity index (χ1) is 9.60. The zero-order valence-corrected chi connectivity index (χ0v) is 12.4. The summed E-state index contributed by atoms with van der Waals surface area (Å²) in [4.78, 5) is 19.6. The number of hydrazine groups is 1. The van der Waals surface area contributed by atoms with Crippen LogP contribution in [0.5, 0.6) is 0 Å². The van der Waals surface area contributed by atoms with Crippen LogP contribution in [-0.4, -0.2) is 22.8 Å². The van der Waals surface area contributed by atoms with Crippen molar-refractivity contribution >= 4 is 17.2 Å². The van der Waals surface area contributed by atoms with Crippen LogP contribution in [-0.2, 0) is 13.1 Å². The number of aromatic nitrogens is 1. The molecule has 1 amide bonds. The number of aryl methyl sites for hydroxylation is 1. The number of nitrogens with zero attached hydrogens (tertiary/aromatic N) is 2. The Bertz CT molecular complexity index is 582. The first-order valence-corrected chi connectivity index (χ1v) is 7.09. The Morgan fingerprint density at radius 3 is 2.95 bits per heavy atom. The van der Waals surface area contributed by atoms with Crippen LogP contribution in [0.25, 0.3) is 0 Å². The summed E-state index contributed by atoms with van der Waals surface area (Å²) >= 11 is 1.46. The third-order valence-electron chi connectivity index (χ3n) is 2.99. The third kappa shape index (κ3) is 3.63. The van der Waals surface area contributed by atoms with Crippen LogP contribution in [0.2, 0.25) is 0 Å². The van der Waals surface area contributed by atoms with Crippen LogP contribution < -0.4 is 11.3 Å². The summed E-state index contributed by atoms with van der Waals surface area (Å²) in [5, 5.41) is 0. The van der Waals surface area contributed by atoms with Crippen molar-refractivity contribution in [2.75, 3.05) is 7.05 Å². The molecule has 0 radical (unpaired) electrons. The molecule has 0 unspecified atom stereocenters. The predicted octanol–water partition coefficient (Wildman–Crippen LogP) is 1.69. The van der Waals surface area contributed by atoms with Gasteiger partial charge in [-0.25, -0.2) is 5.84 Å². The van der Waals surface area contributed by atoms with Gasteiger partial charge in [-0.2, -0.15) is 0 Å². The number of nitrogens with two attached hydrogens (primary N) is 1. The van der Waals surface area contributed by atoms with E-state index in [2.05, 4.69) is 21.4 Å². The number of hydrogen-bond donors (Lipinski definition) is 2. The highest BCUT2D eigenvalue weighted by Crippen LogP contribution is 2.23. The fourth-order valence-electron chi connectivity index (χ4n) is 2.01. The maximum Gasteiger partial charge on any atom is 0.275 e. The average molecular weight is 290 g/mol. The summed E-state index contributed by atoms with van der Waals surface area (Å²) in [6, 6.07) is 5.89. The second-order valence-corrected chi connectivity index (χ2v) is 5.96. The van der Waals surface area contributed by atoms with E-state index in [0.717, 1.165) is 23.5 Å². The Morgan fingerprint density at radius 2 is 2.30 bits per heavy atom. The van der Waals surface area contributed by atoms with Crippen LogP contribution >= 0.6 is 11.3 Å². The van der Waals surface area contributed by atoms with Crippen molar-refractivity contribution in [1.82, 2.24) is 15.3 Å². The summed E-state index contributed by atoms with van der Waals surface area (Å²) in [5.41, 5.74) is 4.49. The van der Waals surface area contributed by atoms with Gasteiger partial charge in [-0.05, 0) is 37.2 Å². The molecule has 6 heteroatoms. The fourth-order valence-corrected chi connectivity index (χ4v) is 2.95. The number of carbonyl (C=O) groups excluding carboxylic acids is 1. The van der Waals surface area contributed by atoms with Crippen molar-refractivity contribution in [2.45, 2.75) is 20.0 Å². The Hall–Kier alpha value is -1.76. The zero-order valence-electron chi connectivity index (χ0n) is 11.6. The van der Waals surface area contributed by atoms with E-state index in [4.69, 9.17) is 5.84 Å². The molecule has 5 nitrogen and oxygen atoms in total. The lowest BCUT2D eigenvalue weighted by Crippen LogP contribution is -2.29. The topological polar surface area (TPSA) is 71.2 Å². The number of rotatable bonds is 5. The molecular formula is C14H18N4OS. The SMILES string of the molecule is Cc1sc(C(=O)NN)cc1CN(C)Cc1cccnc1. The lowest BCUT2D eigenvalue weighted by Gasteiger charge is -2.16. The van der Waals surface area contributed by atoms with E-state index >= 15 is 0 Å². The number of hydrogen-bond acceptors (Lipinski definition) is 5. The van der Waals surface area contributed by atoms with Crippen LogP contribution in [0.4, 0.5) is 0 Å². The minimum atomic E-state index is -0.237. The highest BCUT2D eigenvalue weighted by atomic mass is 32.1. The number of nitrogens with one attached hydrogen (secondary N) is 1. The molecule has 2 rings (SSSR count). The van der Waals surface area contributed by atoms with Gasteiger partial charge in [0.15, 0.2) is 0 Å². The third-order valence-corrected chi connectivity index (χ3v) is 4.08. The molecular weight excluding hydrogens is 272 g/mol. The molecule has 0 atom stereocenters. The molecule has 0 bridgehead atoms. The van der Waals surface area contributed by atoms with Gasteiger partial charge in [-0.1, -0.05) is 6.07 Å². The lowest BCUT2D eigenvalue weighted by atomic mass is 10.2. The van der Waals surface area contributed by atoms with E-state index < -0.39 is 0 Å². The van der Waals surface area contributed by atoms with Crippen LogP contribution in [0, 0.1) is 6.92 Å². The van der Waals surface area contributed by atoms with Gasteiger partial charge in [-0.3, -0.25) is 20.1 Å². The normalized spacial score (nSPS) is 10.8. The summed E-state index contributed by atoms with van der Waals surface area (Å²) in [6.45, 7) is 3.63. The van der Waals surface area contributed by atoms with Gasteiger partial charge >= 0.3 is 0 Å². The molecule has 2 aromatic rings. The molecule has 0 fully saturated rings. The van der Waals surface area contributed by atoms with Gasteiger partial charge in [-0.15, -0.1) is 11.3 Å². The standard InChI is InChI=1S/C14H18N4OS/c1-10-12(6-13(20-10)14(19)17-15)9-18(2)8-11-4-3-5-16-7-11/h3-7H,8-9,15H2,1-2H3,(H,17,19). The van der Waals surface area contributed by atoms with Crippen LogP contribution in [0.1, 0.15) is 25.7 Å². The number of pyridine rings is 1. The van der Waals surface area contributed by atoms with Gasteiger partial charge in [0.2, 0.25) is 0 Å². The number of thiophene rings is 1. The van der Waals surface area contributed by atoms with Crippen molar-refractivity contribution in [3.8, 4) is 0 Å². The molecule has 2 heterocycles.